The Balaban J connectivity index is 1.40. The van der Waals surface area contributed by atoms with E-state index in [2.05, 4.69) is 24.1 Å². The molecule has 0 bridgehead atoms. The lowest BCUT2D eigenvalue weighted by Crippen LogP contribution is -2.45. The van der Waals surface area contributed by atoms with Crippen LogP contribution in [0.3, 0.4) is 0 Å². The van der Waals surface area contributed by atoms with Gasteiger partial charge in [-0.3, -0.25) is 0 Å². The van der Waals surface area contributed by atoms with Gasteiger partial charge in [0, 0.05) is 19.3 Å². The molecule has 3 saturated heterocycles. The molecular weight excluding hydrogens is 362 g/mol. The van der Waals surface area contributed by atoms with Gasteiger partial charge in [0.05, 0.1) is 13.2 Å². The molecule has 0 spiro atoms. The predicted molar refractivity (Wildman–Crippen MR) is 103 cm³/mol. The lowest BCUT2D eigenvalue weighted by Gasteiger charge is -2.29. The van der Waals surface area contributed by atoms with E-state index in [0.29, 0.717) is 13.2 Å². The highest BCUT2D eigenvalue weighted by molar-refractivity contribution is 5.44. The zero-order chi connectivity index (χ0) is 19.9. The molecule has 7 heteroatoms. The Morgan fingerprint density at radius 2 is 1.75 bits per heavy atom. The highest BCUT2D eigenvalue weighted by Gasteiger charge is 2.58. The summed E-state index contributed by atoms with van der Waals surface area (Å²) in [5.41, 5.74) is 1.15. The third kappa shape index (κ3) is 4.20. The molecule has 3 heterocycles. The molecule has 28 heavy (non-hydrogen) atoms. The van der Waals surface area contributed by atoms with E-state index in [1.54, 1.807) is 0 Å². The largest absolute Gasteiger partial charge is 0.372 e. The summed E-state index contributed by atoms with van der Waals surface area (Å²) in [6, 6.07) is 10.2. The van der Waals surface area contributed by atoms with Gasteiger partial charge >= 0.3 is 0 Å². The van der Waals surface area contributed by atoms with Crippen molar-refractivity contribution < 1.29 is 28.4 Å². The average molecular weight is 393 g/mol. The Labute approximate surface area is 166 Å². The van der Waals surface area contributed by atoms with Crippen molar-refractivity contribution in [2.24, 2.45) is 0 Å². The van der Waals surface area contributed by atoms with Crippen LogP contribution in [0.4, 0.5) is 5.69 Å². The third-order valence-electron chi connectivity index (χ3n) is 5.36. The van der Waals surface area contributed by atoms with E-state index in [9.17, 15) is 0 Å². The number of ether oxygens (including phenoxy) is 6. The van der Waals surface area contributed by atoms with Crippen molar-refractivity contribution in [1.82, 2.24) is 0 Å². The quantitative estimate of drug-likeness (QED) is 0.736. The van der Waals surface area contributed by atoms with Gasteiger partial charge < -0.3 is 33.3 Å². The van der Waals surface area contributed by atoms with Crippen LogP contribution in [0, 0.1) is 0 Å². The summed E-state index contributed by atoms with van der Waals surface area (Å²) in [7, 11) is 2.05. The predicted octanol–water partition coefficient (Wildman–Crippen LogP) is 2.54. The first-order valence-corrected chi connectivity index (χ1v) is 9.95. The molecule has 1 aromatic rings. The maximum atomic E-state index is 6.29. The molecular formula is C21H31NO6. The highest BCUT2D eigenvalue weighted by Crippen LogP contribution is 2.41. The summed E-state index contributed by atoms with van der Waals surface area (Å²) in [5, 5.41) is 0. The Morgan fingerprint density at radius 3 is 2.43 bits per heavy atom. The van der Waals surface area contributed by atoms with Gasteiger partial charge in [-0.1, -0.05) is 18.2 Å². The van der Waals surface area contributed by atoms with Crippen LogP contribution in [0.5, 0.6) is 0 Å². The number of hydrogen-bond acceptors (Lipinski definition) is 7. The van der Waals surface area contributed by atoms with E-state index < -0.39 is 17.9 Å². The average Bonchev–Trinajstić information content (AvgIpc) is 3.25. The Bertz CT molecular complexity index is 666. The molecule has 0 radical (unpaired) electrons. The first kappa shape index (κ1) is 20.1. The molecule has 5 atom stereocenters. The smallest absolute Gasteiger partial charge is 0.190 e. The van der Waals surface area contributed by atoms with Crippen LogP contribution in [-0.4, -0.2) is 69.1 Å². The number of para-hydroxylation sites is 1. The van der Waals surface area contributed by atoms with Crippen LogP contribution in [0.25, 0.3) is 0 Å². The van der Waals surface area contributed by atoms with Gasteiger partial charge in [0.25, 0.3) is 0 Å². The van der Waals surface area contributed by atoms with E-state index in [0.717, 1.165) is 12.2 Å². The molecule has 3 aliphatic rings. The van der Waals surface area contributed by atoms with Gasteiger partial charge in [-0.15, -0.1) is 0 Å². The lowest BCUT2D eigenvalue weighted by atomic mass is 10.1. The fourth-order valence-electron chi connectivity index (χ4n) is 4.01. The summed E-state index contributed by atoms with van der Waals surface area (Å²) in [6.07, 6.45) is -1.53. The molecule has 5 unspecified atom stereocenters. The van der Waals surface area contributed by atoms with Gasteiger partial charge in [0.15, 0.2) is 17.9 Å². The lowest BCUT2D eigenvalue weighted by molar-refractivity contribution is -0.235. The zero-order valence-corrected chi connectivity index (χ0v) is 17.3. The molecule has 7 nitrogen and oxygen atoms in total. The minimum absolute atomic E-state index is 0.215. The number of fused-ring (bicyclic) bond motifs is 1. The number of rotatable bonds is 6. The van der Waals surface area contributed by atoms with Gasteiger partial charge in [0.2, 0.25) is 0 Å². The van der Waals surface area contributed by atoms with Crippen molar-refractivity contribution in [3.8, 4) is 0 Å². The zero-order valence-electron chi connectivity index (χ0n) is 17.3. The minimum Gasteiger partial charge on any atom is -0.372 e. The molecule has 0 aliphatic carbocycles. The Kier molecular flexibility index (Phi) is 5.41. The standard InChI is InChI=1S/C21H31NO6/c1-20(2)24-13-15(26-20)16-17(18-19(25-16)28-21(3,4)27-18)23-12-11-22(5)14-9-7-6-8-10-14/h6-10,15-19H,11-13H2,1-5H3. The summed E-state index contributed by atoms with van der Waals surface area (Å²) >= 11 is 0. The molecule has 3 fully saturated rings. The van der Waals surface area contributed by atoms with Crippen LogP contribution in [-0.2, 0) is 28.4 Å². The molecule has 0 amide bonds. The van der Waals surface area contributed by atoms with Crippen molar-refractivity contribution in [1.29, 1.82) is 0 Å². The molecule has 0 saturated carbocycles. The summed E-state index contributed by atoms with van der Waals surface area (Å²) < 4.78 is 36.2. The molecule has 4 rings (SSSR count). The van der Waals surface area contributed by atoms with Crippen molar-refractivity contribution in [3.05, 3.63) is 30.3 Å². The van der Waals surface area contributed by atoms with E-state index in [-0.39, 0.29) is 24.4 Å². The Morgan fingerprint density at radius 1 is 1.00 bits per heavy atom. The normalized spacial score (nSPS) is 35.8. The first-order chi connectivity index (χ1) is 13.2. The Hall–Kier alpha value is -1.22. The molecule has 0 N–H and O–H groups in total. The number of hydrogen-bond donors (Lipinski definition) is 0. The fraction of sp³-hybridized carbons (Fsp3) is 0.714. The SMILES string of the molecule is CN(CCOC1C(C2COC(C)(C)O2)OC2OC(C)(C)OC21)c1ccccc1. The van der Waals surface area contributed by atoms with Crippen LogP contribution in [0.2, 0.25) is 0 Å². The molecule has 3 aliphatic heterocycles. The first-order valence-electron chi connectivity index (χ1n) is 9.95. The van der Waals surface area contributed by atoms with E-state index >= 15 is 0 Å². The van der Waals surface area contributed by atoms with E-state index in [4.69, 9.17) is 28.4 Å². The second-order valence-corrected chi connectivity index (χ2v) is 8.53. The fourth-order valence-corrected chi connectivity index (χ4v) is 4.01. The molecule has 1 aromatic carbocycles. The molecule has 156 valence electrons. The highest BCUT2D eigenvalue weighted by atomic mass is 16.8. The van der Waals surface area contributed by atoms with Crippen molar-refractivity contribution in [3.63, 3.8) is 0 Å². The van der Waals surface area contributed by atoms with Crippen molar-refractivity contribution in [2.45, 2.75) is 70.0 Å². The third-order valence-corrected chi connectivity index (χ3v) is 5.36. The minimum atomic E-state index is -0.685. The monoisotopic (exact) mass is 393 g/mol. The maximum Gasteiger partial charge on any atom is 0.190 e. The van der Waals surface area contributed by atoms with Crippen LogP contribution in [0.15, 0.2) is 30.3 Å². The maximum absolute atomic E-state index is 6.29. The number of anilines is 1. The number of benzene rings is 1. The second-order valence-electron chi connectivity index (χ2n) is 8.53. The van der Waals surface area contributed by atoms with Gasteiger partial charge in [-0.2, -0.15) is 0 Å². The van der Waals surface area contributed by atoms with E-state index in [1.807, 2.05) is 45.9 Å². The topological polar surface area (TPSA) is 58.6 Å². The van der Waals surface area contributed by atoms with Crippen LogP contribution in [0.1, 0.15) is 27.7 Å². The van der Waals surface area contributed by atoms with Crippen molar-refractivity contribution >= 4 is 5.69 Å². The second kappa shape index (κ2) is 7.55. The number of nitrogens with zero attached hydrogens (tertiary/aromatic N) is 1. The van der Waals surface area contributed by atoms with Crippen LogP contribution < -0.4 is 4.90 Å². The van der Waals surface area contributed by atoms with E-state index in [1.165, 1.54) is 0 Å². The van der Waals surface area contributed by atoms with Gasteiger partial charge in [-0.25, -0.2) is 0 Å². The van der Waals surface area contributed by atoms with Gasteiger partial charge in [0.1, 0.15) is 24.4 Å². The summed E-state index contributed by atoms with van der Waals surface area (Å²) in [4.78, 5) is 2.16. The van der Waals surface area contributed by atoms with Gasteiger partial charge in [-0.05, 0) is 39.8 Å². The van der Waals surface area contributed by atoms with Crippen molar-refractivity contribution in [2.75, 3.05) is 31.7 Å². The number of likely N-dealkylation sites (N-methyl/N-ethyl adjacent to an activating group) is 1. The summed E-state index contributed by atoms with van der Waals surface area (Å²) in [6.45, 7) is 9.35. The summed E-state index contributed by atoms with van der Waals surface area (Å²) in [5.74, 6) is -1.31. The molecule has 0 aromatic heterocycles. The van der Waals surface area contributed by atoms with Crippen LogP contribution >= 0.6 is 0 Å².